The summed E-state index contributed by atoms with van der Waals surface area (Å²) in [5.41, 5.74) is 6.76. The van der Waals surface area contributed by atoms with Gasteiger partial charge in [0.05, 0.1) is 0 Å². The lowest BCUT2D eigenvalue weighted by Gasteiger charge is -2.26. The molecule has 2 aromatic rings. The molecule has 6 nitrogen and oxygen atoms in total. The smallest absolute Gasteiger partial charge is 0.227 e. The van der Waals surface area contributed by atoms with Gasteiger partial charge in [-0.15, -0.1) is 12.4 Å². The molecule has 0 aliphatic carbocycles. The molecule has 0 saturated heterocycles. The summed E-state index contributed by atoms with van der Waals surface area (Å²) in [5.74, 6) is 0.989. The van der Waals surface area contributed by atoms with Crippen molar-refractivity contribution < 1.29 is 9.32 Å². The summed E-state index contributed by atoms with van der Waals surface area (Å²) in [5, 5.41) is 10.7. The van der Waals surface area contributed by atoms with Crippen LogP contribution in [-0.2, 0) is 11.2 Å². The number of aromatic nitrogens is 2. The quantitative estimate of drug-likeness (QED) is 0.756. The molecule has 128 valence electrons. The Labute approximate surface area is 146 Å². The largest absolute Gasteiger partial charge is 0.354 e. The Morgan fingerprint density at radius 1 is 1.43 bits per heavy atom. The molecular formula is C15H23ClN4O2S. The van der Waals surface area contributed by atoms with E-state index in [9.17, 15) is 4.79 Å². The second-order valence-corrected chi connectivity index (χ2v) is 6.15. The molecule has 3 N–H and O–H groups in total. The summed E-state index contributed by atoms with van der Waals surface area (Å²) in [4.78, 5) is 16.2. The normalized spacial score (nSPS) is 11.1. The van der Waals surface area contributed by atoms with Gasteiger partial charge < -0.3 is 15.6 Å². The van der Waals surface area contributed by atoms with Crippen LogP contribution in [0.2, 0.25) is 0 Å². The van der Waals surface area contributed by atoms with E-state index in [-0.39, 0.29) is 23.9 Å². The molecule has 0 fully saturated rings. The van der Waals surface area contributed by atoms with Crippen molar-refractivity contribution in [1.82, 2.24) is 15.5 Å². The molecule has 0 atom stereocenters. The van der Waals surface area contributed by atoms with E-state index in [0.717, 1.165) is 18.4 Å². The molecule has 2 rings (SSSR count). The van der Waals surface area contributed by atoms with Crippen LogP contribution in [0, 0.1) is 0 Å². The van der Waals surface area contributed by atoms with E-state index in [1.807, 2.05) is 30.7 Å². The highest BCUT2D eigenvalue weighted by Crippen LogP contribution is 2.19. The van der Waals surface area contributed by atoms with E-state index in [0.29, 0.717) is 31.1 Å². The van der Waals surface area contributed by atoms with Gasteiger partial charge in [-0.25, -0.2) is 0 Å². The van der Waals surface area contributed by atoms with Crippen LogP contribution in [0.15, 0.2) is 21.3 Å². The molecule has 2 heterocycles. The molecule has 23 heavy (non-hydrogen) atoms. The van der Waals surface area contributed by atoms with Gasteiger partial charge in [0.2, 0.25) is 17.6 Å². The lowest BCUT2D eigenvalue weighted by molar-refractivity contribution is -0.121. The highest BCUT2D eigenvalue weighted by atomic mass is 35.5. The number of aryl methyl sites for hydroxylation is 1. The number of halogens is 1. The fraction of sp³-hybridized carbons (Fsp3) is 0.533. The van der Waals surface area contributed by atoms with Gasteiger partial charge in [-0.05, 0) is 24.3 Å². The molecule has 0 spiro atoms. The molecule has 0 saturated carbocycles. The summed E-state index contributed by atoms with van der Waals surface area (Å²) in [6.07, 6.45) is 2.41. The molecule has 0 radical (unpaired) electrons. The van der Waals surface area contributed by atoms with Gasteiger partial charge in [0.25, 0.3) is 0 Å². The minimum atomic E-state index is -0.327. The molecule has 8 heteroatoms. The molecule has 0 bridgehead atoms. The number of nitrogens with one attached hydrogen (secondary N) is 1. The third kappa shape index (κ3) is 5.60. The number of nitrogens with two attached hydrogens (primary N) is 1. The first-order valence-corrected chi connectivity index (χ1v) is 8.41. The number of thiophene rings is 1. The number of nitrogens with zero attached hydrogens (tertiary/aromatic N) is 2. The van der Waals surface area contributed by atoms with Crippen LogP contribution in [-0.4, -0.2) is 28.1 Å². The summed E-state index contributed by atoms with van der Waals surface area (Å²) in [6, 6.07) is 1.93. The maximum atomic E-state index is 11.9. The van der Waals surface area contributed by atoms with Crippen molar-refractivity contribution in [2.24, 2.45) is 5.73 Å². The zero-order valence-electron chi connectivity index (χ0n) is 13.4. The molecule has 1 amide bonds. The van der Waals surface area contributed by atoms with Crippen LogP contribution in [0.25, 0.3) is 11.4 Å². The van der Waals surface area contributed by atoms with Crippen molar-refractivity contribution in [3.8, 4) is 11.4 Å². The number of hydrogen-bond acceptors (Lipinski definition) is 6. The summed E-state index contributed by atoms with van der Waals surface area (Å²) >= 11 is 1.58. The van der Waals surface area contributed by atoms with Gasteiger partial charge in [-0.3, -0.25) is 4.79 Å². The SMILES string of the molecule is CCC(N)(CC)CNC(=O)CCc1nc(-c2ccsc2)no1.Cl. The third-order valence-corrected chi connectivity index (χ3v) is 4.54. The first-order chi connectivity index (χ1) is 10.6. The monoisotopic (exact) mass is 358 g/mol. The van der Waals surface area contributed by atoms with E-state index < -0.39 is 0 Å². The summed E-state index contributed by atoms with van der Waals surface area (Å²) in [7, 11) is 0. The van der Waals surface area contributed by atoms with Crippen molar-refractivity contribution in [1.29, 1.82) is 0 Å². The minimum absolute atomic E-state index is 0. The number of hydrogen-bond donors (Lipinski definition) is 2. The summed E-state index contributed by atoms with van der Waals surface area (Å²) < 4.78 is 5.17. The first-order valence-electron chi connectivity index (χ1n) is 7.47. The predicted molar refractivity (Wildman–Crippen MR) is 93.7 cm³/mol. The van der Waals surface area contributed by atoms with Crippen LogP contribution < -0.4 is 11.1 Å². The van der Waals surface area contributed by atoms with Gasteiger partial charge >= 0.3 is 0 Å². The van der Waals surface area contributed by atoms with Gasteiger partial charge in [0.15, 0.2) is 0 Å². The number of amides is 1. The van der Waals surface area contributed by atoms with Crippen LogP contribution in [0.5, 0.6) is 0 Å². The molecule has 0 aromatic carbocycles. The van der Waals surface area contributed by atoms with Crippen molar-refractivity contribution in [2.45, 2.75) is 45.1 Å². The third-order valence-electron chi connectivity index (χ3n) is 3.86. The van der Waals surface area contributed by atoms with E-state index in [4.69, 9.17) is 10.3 Å². The number of carbonyl (C=O) groups excluding carboxylic acids is 1. The van der Waals surface area contributed by atoms with Crippen molar-refractivity contribution >= 4 is 29.7 Å². The van der Waals surface area contributed by atoms with Crippen LogP contribution in [0.3, 0.4) is 0 Å². The Kier molecular flexibility index (Phi) is 7.67. The van der Waals surface area contributed by atoms with E-state index in [1.54, 1.807) is 11.3 Å². The average Bonchev–Trinajstić information content (AvgIpc) is 3.21. The average molecular weight is 359 g/mol. The highest BCUT2D eigenvalue weighted by Gasteiger charge is 2.21. The minimum Gasteiger partial charge on any atom is -0.354 e. The van der Waals surface area contributed by atoms with Crippen molar-refractivity contribution in [3.05, 3.63) is 22.7 Å². The topological polar surface area (TPSA) is 94.0 Å². The Hall–Kier alpha value is -1.44. The fourth-order valence-electron chi connectivity index (χ4n) is 1.95. The fourth-order valence-corrected chi connectivity index (χ4v) is 2.58. The van der Waals surface area contributed by atoms with Gasteiger partial charge in [-0.2, -0.15) is 16.3 Å². The standard InChI is InChI=1S/C15H22N4O2S.ClH/c1-3-15(16,4-2)10-17-12(20)5-6-13-18-14(19-21-13)11-7-8-22-9-11;/h7-9H,3-6,10,16H2,1-2H3,(H,17,20);1H. The van der Waals surface area contributed by atoms with Gasteiger partial charge in [-0.1, -0.05) is 19.0 Å². The second-order valence-electron chi connectivity index (χ2n) is 5.37. The molecule has 0 unspecified atom stereocenters. The highest BCUT2D eigenvalue weighted by molar-refractivity contribution is 7.08. The van der Waals surface area contributed by atoms with E-state index >= 15 is 0 Å². The van der Waals surface area contributed by atoms with Gasteiger partial charge in [0.1, 0.15) is 0 Å². The Balaban J connectivity index is 0.00000264. The van der Waals surface area contributed by atoms with Crippen LogP contribution >= 0.6 is 23.7 Å². The summed E-state index contributed by atoms with van der Waals surface area (Å²) in [6.45, 7) is 4.54. The second kappa shape index (κ2) is 9.00. The Morgan fingerprint density at radius 2 is 2.17 bits per heavy atom. The van der Waals surface area contributed by atoms with Crippen LogP contribution in [0.1, 0.15) is 39.0 Å². The first kappa shape index (κ1) is 19.6. The maximum absolute atomic E-state index is 11.9. The van der Waals surface area contributed by atoms with E-state index in [2.05, 4.69) is 15.5 Å². The predicted octanol–water partition coefficient (Wildman–Crippen LogP) is 2.79. The lowest BCUT2D eigenvalue weighted by atomic mass is 9.94. The Morgan fingerprint density at radius 3 is 2.78 bits per heavy atom. The number of rotatable bonds is 8. The zero-order chi connectivity index (χ0) is 16.0. The Bertz CT molecular complexity index is 596. The van der Waals surface area contributed by atoms with Crippen molar-refractivity contribution in [3.63, 3.8) is 0 Å². The zero-order valence-corrected chi connectivity index (χ0v) is 15.0. The lowest BCUT2D eigenvalue weighted by Crippen LogP contribution is -2.49. The molecule has 0 aliphatic heterocycles. The maximum Gasteiger partial charge on any atom is 0.227 e. The number of carbonyl (C=O) groups is 1. The van der Waals surface area contributed by atoms with E-state index in [1.165, 1.54) is 0 Å². The molecular weight excluding hydrogens is 336 g/mol. The van der Waals surface area contributed by atoms with Crippen molar-refractivity contribution in [2.75, 3.05) is 6.54 Å². The van der Waals surface area contributed by atoms with Gasteiger partial charge in [0, 0.05) is 35.9 Å². The molecule has 0 aliphatic rings. The van der Waals surface area contributed by atoms with Crippen LogP contribution in [0.4, 0.5) is 0 Å². The molecule has 2 aromatic heterocycles.